The minimum Gasteiger partial charge on any atom is -0.383 e. The van der Waals surface area contributed by atoms with E-state index in [1.54, 1.807) is 19.8 Å². The van der Waals surface area contributed by atoms with Crippen LogP contribution in [0.15, 0.2) is 43.2 Å². The minimum atomic E-state index is 0.621. The van der Waals surface area contributed by atoms with E-state index in [-0.39, 0.29) is 0 Å². The number of aromatic nitrogens is 6. The molecule has 1 saturated heterocycles. The lowest BCUT2D eigenvalue weighted by Crippen LogP contribution is -2.47. The number of nitrogens with zero attached hydrogens (tertiary/aromatic N) is 8. The van der Waals surface area contributed by atoms with E-state index < -0.39 is 0 Å². The van der Waals surface area contributed by atoms with Crippen LogP contribution < -0.4 is 9.80 Å². The molecule has 4 heterocycles. The molecule has 29 heavy (non-hydrogen) atoms. The first-order chi connectivity index (χ1) is 14.3. The van der Waals surface area contributed by atoms with Crippen molar-refractivity contribution in [2.75, 3.05) is 49.7 Å². The maximum absolute atomic E-state index is 5.18. The van der Waals surface area contributed by atoms with Gasteiger partial charge in [-0.2, -0.15) is 0 Å². The number of methoxy groups -OCH3 is 1. The molecule has 1 aromatic carbocycles. The lowest BCUT2D eigenvalue weighted by atomic mass is 10.2. The van der Waals surface area contributed by atoms with Crippen LogP contribution in [0, 0.1) is 0 Å². The maximum atomic E-state index is 5.18. The molecule has 0 aliphatic carbocycles. The van der Waals surface area contributed by atoms with Gasteiger partial charge >= 0.3 is 0 Å². The highest BCUT2D eigenvalue weighted by Crippen LogP contribution is 2.26. The normalized spacial score (nSPS) is 14.8. The van der Waals surface area contributed by atoms with Crippen LogP contribution >= 0.6 is 0 Å². The first kappa shape index (κ1) is 17.7. The van der Waals surface area contributed by atoms with Crippen molar-refractivity contribution in [2.24, 2.45) is 0 Å². The molecule has 5 rings (SSSR count). The third-order valence-corrected chi connectivity index (χ3v) is 5.32. The van der Waals surface area contributed by atoms with Gasteiger partial charge in [-0.25, -0.2) is 24.9 Å². The van der Waals surface area contributed by atoms with Gasteiger partial charge in [0.25, 0.3) is 0 Å². The van der Waals surface area contributed by atoms with E-state index in [0.717, 1.165) is 66.4 Å². The molecule has 9 heteroatoms. The minimum absolute atomic E-state index is 0.621. The third kappa shape index (κ3) is 3.23. The summed E-state index contributed by atoms with van der Waals surface area (Å²) in [5.74, 6) is 1.88. The van der Waals surface area contributed by atoms with Crippen molar-refractivity contribution >= 4 is 33.7 Å². The monoisotopic (exact) mass is 390 g/mol. The molecule has 0 unspecified atom stereocenters. The number of rotatable bonds is 5. The number of hydrogen-bond acceptors (Lipinski definition) is 8. The van der Waals surface area contributed by atoms with Crippen LogP contribution in [0.5, 0.6) is 0 Å². The van der Waals surface area contributed by atoms with Gasteiger partial charge in [-0.15, -0.1) is 0 Å². The van der Waals surface area contributed by atoms with E-state index in [4.69, 9.17) is 4.74 Å². The Morgan fingerprint density at radius 2 is 1.59 bits per heavy atom. The van der Waals surface area contributed by atoms with E-state index in [2.05, 4.69) is 40.8 Å². The Morgan fingerprint density at radius 3 is 2.41 bits per heavy atom. The Morgan fingerprint density at radius 1 is 0.862 bits per heavy atom. The van der Waals surface area contributed by atoms with E-state index >= 15 is 0 Å². The first-order valence-corrected chi connectivity index (χ1v) is 9.69. The second kappa shape index (κ2) is 7.59. The molecule has 1 fully saturated rings. The number of anilines is 2. The van der Waals surface area contributed by atoms with Crippen molar-refractivity contribution in [2.45, 2.75) is 6.54 Å². The van der Waals surface area contributed by atoms with Gasteiger partial charge in [0.1, 0.15) is 18.5 Å². The lowest BCUT2D eigenvalue weighted by molar-refractivity contribution is 0.188. The first-order valence-electron chi connectivity index (χ1n) is 9.69. The summed E-state index contributed by atoms with van der Waals surface area (Å²) in [4.78, 5) is 27.0. The Labute approximate surface area is 168 Å². The third-order valence-electron chi connectivity index (χ3n) is 5.32. The molecule has 0 radical (unpaired) electrons. The second-order valence-electron chi connectivity index (χ2n) is 6.99. The molecule has 0 atom stereocenters. The van der Waals surface area contributed by atoms with Gasteiger partial charge in [-0.05, 0) is 12.1 Å². The molecule has 0 N–H and O–H groups in total. The van der Waals surface area contributed by atoms with Crippen LogP contribution in [0.1, 0.15) is 0 Å². The van der Waals surface area contributed by atoms with Gasteiger partial charge in [0.05, 0.1) is 18.5 Å². The average Bonchev–Trinajstić information content (AvgIpc) is 3.20. The quantitative estimate of drug-likeness (QED) is 0.509. The van der Waals surface area contributed by atoms with Crippen molar-refractivity contribution in [3.63, 3.8) is 0 Å². The fourth-order valence-electron chi connectivity index (χ4n) is 3.83. The van der Waals surface area contributed by atoms with Gasteiger partial charge in [0.2, 0.25) is 0 Å². The molecule has 0 spiro atoms. The average molecular weight is 390 g/mol. The molecule has 0 bridgehead atoms. The summed E-state index contributed by atoms with van der Waals surface area (Å²) >= 11 is 0. The molecule has 1 aliphatic heterocycles. The SMILES string of the molecule is COCCn1cnc2c(N3CCN(c4ncnc5ccccc45)CC3)ncnc21. The van der Waals surface area contributed by atoms with Gasteiger partial charge in [-0.3, -0.25) is 0 Å². The Hall–Kier alpha value is -3.33. The van der Waals surface area contributed by atoms with Crippen molar-refractivity contribution in [1.29, 1.82) is 0 Å². The highest BCUT2D eigenvalue weighted by atomic mass is 16.5. The fraction of sp³-hybridized carbons (Fsp3) is 0.350. The van der Waals surface area contributed by atoms with E-state index in [0.29, 0.717) is 6.61 Å². The maximum Gasteiger partial charge on any atom is 0.165 e. The fourth-order valence-corrected chi connectivity index (χ4v) is 3.83. The number of para-hydroxylation sites is 1. The van der Waals surface area contributed by atoms with Crippen molar-refractivity contribution < 1.29 is 4.74 Å². The summed E-state index contributed by atoms with van der Waals surface area (Å²) in [6, 6.07) is 8.14. The molecule has 0 saturated carbocycles. The summed E-state index contributed by atoms with van der Waals surface area (Å²) in [6.45, 7) is 4.74. The van der Waals surface area contributed by atoms with Crippen molar-refractivity contribution in [1.82, 2.24) is 29.5 Å². The topological polar surface area (TPSA) is 85.1 Å². The molecule has 3 aromatic heterocycles. The molecule has 1 aliphatic rings. The molecule has 9 nitrogen and oxygen atoms in total. The van der Waals surface area contributed by atoms with E-state index in [1.165, 1.54) is 0 Å². The van der Waals surface area contributed by atoms with Crippen LogP contribution in [-0.2, 0) is 11.3 Å². The zero-order chi connectivity index (χ0) is 19.6. The van der Waals surface area contributed by atoms with Gasteiger partial charge in [0.15, 0.2) is 17.0 Å². The lowest BCUT2D eigenvalue weighted by Gasteiger charge is -2.36. The zero-order valence-corrected chi connectivity index (χ0v) is 16.3. The predicted molar refractivity (Wildman–Crippen MR) is 111 cm³/mol. The van der Waals surface area contributed by atoms with Crippen molar-refractivity contribution in [3.8, 4) is 0 Å². The van der Waals surface area contributed by atoms with Crippen LogP contribution in [0.25, 0.3) is 22.1 Å². The standard InChI is InChI=1S/C20H22N8O/c1-29-11-10-28-14-25-17-19(23-13-24-20(17)28)27-8-6-26(7-9-27)18-15-4-2-3-5-16(15)21-12-22-18/h2-5,12-14H,6-11H2,1H3. The Bertz CT molecular complexity index is 1130. The highest BCUT2D eigenvalue weighted by Gasteiger charge is 2.23. The van der Waals surface area contributed by atoms with E-state index in [1.807, 2.05) is 29.1 Å². The summed E-state index contributed by atoms with van der Waals surface area (Å²) < 4.78 is 7.18. The molecular weight excluding hydrogens is 368 g/mol. The Balaban J connectivity index is 1.37. The largest absolute Gasteiger partial charge is 0.383 e. The number of piperazine rings is 1. The summed E-state index contributed by atoms with van der Waals surface area (Å²) in [5, 5.41) is 1.09. The van der Waals surface area contributed by atoms with Gasteiger partial charge in [-0.1, -0.05) is 12.1 Å². The number of imidazole rings is 1. The molecular formula is C20H22N8O. The van der Waals surface area contributed by atoms with Crippen molar-refractivity contribution in [3.05, 3.63) is 43.2 Å². The predicted octanol–water partition coefficient (Wildman–Crippen LogP) is 1.74. The van der Waals surface area contributed by atoms with Crippen LogP contribution in [0.4, 0.5) is 11.6 Å². The number of ether oxygens (including phenoxy) is 1. The number of hydrogen-bond donors (Lipinski definition) is 0. The Kier molecular flexibility index (Phi) is 4.65. The second-order valence-corrected chi connectivity index (χ2v) is 6.99. The van der Waals surface area contributed by atoms with Crippen LogP contribution in [0.2, 0.25) is 0 Å². The number of benzene rings is 1. The van der Waals surface area contributed by atoms with Gasteiger partial charge in [0, 0.05) is 45.2 Å². The summed E-state index contributed by atoms with van der Waals surface area (Å²) in [7, 11) is 1.69. The summed E-state index contributed by atoms with van der Waals surface area (Å²) in [5.41, 5.74) is 2.65. The van der Waals surface area contributed by atoms with Crippen LogP contribution in [0.3, 0.4) is 0 Å². The van der Waals surface area contributed by atoms with E-state index in [9.17, 15) is 0 Å². The van der Waals surface area contributed by atoms with Crippen LogP contribution in [-0.4, -0.2) is 69.4 Å². The molecule has 4 aromatic rings. The number of fused-ring (bicyclic) bond motifs is 2. The smallest absolute Gasteiger partial charge is 0.165 e. The molecule has 148 valence electrons. The zero-order valence-electron chi connectivity index (χ0n) is 16.3. The molecule has 0 amide bonds. The van der Waals surface area contributed by atoms with Gasteiger partial charge < -0.3 is 19.1 Å². The highest BCUT2D eigenvalue weighted by molar-refractivity contribution is 5.89. The summed E-state index contributed by atoms with van der Waals surface area (Å²) in [6.07, 6.45) is 5.07.